The quantitative estimate of drug-likeness (QED) is 0.705. The summed E-state index contributed by atoms with van der Waals surface area (Å²) < 4.78 is 10.6. The first-order valence-corrected chi connectivity index (χ1v) is 9.08. The van der Waals surface area contributed by atoms with Crippen molar-refractivity contribution in [2.24, 2.45) is 4.99 Å². The normalized spacial score (nSPS) is 17.3. The van der Waals surface area contributed by atoms with Crippen LogP contribution in [0.4, 0.5) is 5.69 Å². The fraction of sp³-hybridized carbons (Fsp3) is 0.158. The summed E-state index contributed by atoms with van der Waals surface area (Å²) in [5.74, 6) is 0.538. The molecule has 0 aliphatic carbocycles. The lowest BCUT2D eigenvalue weighted by atomic mass is 10.2. The number of carbonyl (C=O) groups is 1. The van der Waals surface area contributed by atoms with Crippen LogP contribution in [0.3, 0.4) is 0 Å². The van der Waals surface area contributed by atoms with E-state index in [1.54, 1.807) is 43.3 Å². The molecule has 0 atom stereocenters. The first kappa shape index (κ1) is 18.4. The highest BCUT2D eigenvalue weighted by Gasteiger charge is 2.33. The predicted molar refractivity (Wildman–Crippen MR) is 104 cm³/mol. The number of furan rings is 1. The molecule has 1 aliphatic rings. The van der Waals surface area contributed by atoms with Crippen molar-refractivity contribution in [1.29, 1.82) is 0 Å². The molecule has 2 heterocycles. The Bertz CT molecular complexity index is 925. The number of nitrogens with zero attached hydrogens (tertiary/aromatic N) is 1. The molecule has 26 heavy (non-hydrogen) atoms. The van der Waals surface area contributed by atoms with Crippen molar-refractivity contribution in [2.45, 2.75) is 13.8 Å². The molecular weight excluding hydrogens is 374 g/mol. The lowest BCUT2D eigenvalue weighted by molar-refractivity contribution is -0.138. The number of carbonyl (C=O) groups excluding carboxylic acids is 1. The van der Waals surface area contributed by atoms with Gasteiger partial charge in [0.05, 0.1) is 17.2 Å². The van der Waals surface area contributed by atoms with Gasteiger partial charge in [-0.25, -0.2) is 9.79 Å². The number of aliphatic imine (C=N–C) groups is 1. The zero-order chi connectivity index (χ0) is 18.7. The average Bonchev–Trinajstić information content (AvgIpc) is 3.14. The Morgan fingerprint density at radius 1 is 1.31 bits per heavy atom. The van der Waals surface area contributed by atoms with Crippen molar-refractivity contribution >= 4 is 46.1 Å². The van der Waals surface area contributed by atoms with Crippen LogP contribution in [0.25, 0.3) is 6.08 Å². The van der Waals surface area contributed by atoms with E-state index in [1.807, 2.05) is 13.0 Å². The molecule has 3 rings (SSSR count). The highest BCUT2D eigenvalue weighted by atomic mass is 35.5. The minimum absolute atomic E-state index is 0.0429. The van der Waals surface area contributed by atoms with Gasteiger partial charge in [-0.05, 0) is 56.3 Å². The molecule has 0 radical (unpaired) electrons. The Morgan fingerprint density at radius 2 is 2.04 bits per heavy atom. The Labute approximate surface area is 160 Å². The maximum atomic E-state index is 12.3. The lowest BCUT2D eigenvalue weighted by Crippen LogP contribution is -2.12. The SMILES string of the molecule is CCOC(=O)C1=C(O)C(=Cc2ccc(C)o2)SC1=Nc1ccc(Cl)cc1. The van der Waals surface area contributed by atoms with Gasteiger partial charge in [0.1, 0.15) is 27.9 Å². The molecule has 0 unspecified atom stereocenters. The number of halogens is 1. The van der Waals surface area contributed by atoms with E-state index in [0.717, 1.165) is 5.76 Å². The molecule has 1 aromatic heterocycles. The molecule has 5 nitrogen and oxygen atoms in total. The third kappa shape index (κ3) is 4.03. The monoisotopic (exact) mass is 389 g/mol. The highest BCUT2D eigenvalue weighted by Crippen LogP contribution is 2.40. The standard InChI is InChI=1S/C19H16ClNO4S/c1-3-24-19(23)16-17(22)15(10-14-9-4-11(2)25-14)26-18(16)21-13-7-5-12(20)6-8-13/h4-10,22H,3H2,1-2H3. The van der Waals surface area contributed by atoms with E-state index in [0.29, 0.717) is 26.4 Å². The molecule has 0 amide bonds. The number of ether oxygens (including phenoxy) is 1. The maximum Gasteiger partial charge on any atom is 0.344 e. The van der Waals surface area contributed by atoms with Gasteiger partial charge in [0.2, 0.25) is 0 Å². The Balaban J connectivity index is 2.02. The van der Waals surface area contributed by atoms with Crippen LogP contribution in [0.15, 0.2) is 62.0 Å². The van der Waals surface area contributed by atoms with Crippen molar-refractivity contribution in [3.05, 3.63) is 69.2 Å². The average molecular weight is 390 g/mol. The zero-order valence-electron chi connectivity index (χ0n) is 14.2. The molecule has 0 saturated carbocycles. The first-order chi connectivity index (χ1) is 12.5. The molecule has 0 spiro atoms. The minimum atomic E-state index is -0.621. The van der Waals surface area contributed by atoms with Gasteiger partial charge in [0, 0.05) is 5.02 Å². The summed E-state index contributed by atoms with van der Waals surface area (Å²) in [5, 5.41) is 11.5. The summed E-state index contributed by atoms with van der Waals surface area (Å²) in [5.41, 5.74) is 0.655. The van der Waals surface area contributed by atoms with Gasteiger partial charge in [0.15, 0.2) is 0 Å². The molecule has 2 aromatic rings. The number of esters is 1. The molecular formula is C19H16ClNO4S. The summed E-state index contributed by atoms with van der Waals surface area (Å²) in [4.78, 5) is 17.2. The smallest absolute Gasteiger partial charge is 0.344 e. The molecule has 134 valence electrons. The van der Waals surface area contributed by atoms with Crippen LogP contribution in [0.2, 0.25) is 5.02 Å². The van der Waals surface area contributed by atoms with Crippen LogP contribution in [0.5, 0.6) is 0 Å². The van der Waals surface area contributed by atoms with E-state index in [9.17, 15) is 9.90 Å². The Kier molecular flexibility index (Phi) is 5.54. The zero-order valence-corrected chi connectivity index (χ0v) is 15.7. The van der Waals surface area contributed by atoms with E-state index >= 15 is 0 Å². The third-order valence-electron chi connectivity index (χ3n) is 3.46. The first-order valence-electron chi connectivity index (χ1n) is 7.89. The summed E-state index contributed by atoms with van der Waals surface area (Å²) in [7, 11) is 0. The fourth-order valence-corrected chi connectivity index (χ4v) is 3.43. The second-order valence-electron chi connectivity index (χ2n) is 5.40. The second-order valence-corrected chi connectivity index (χ2v) is 6.86. The van der Waals surface area contributed by atoms with Crippen LogP contribution in [-0.4, -0.2) is 22.7 Å². The van der Waals surface area contributed by atoms with Crippen molar-refractivity contribution in [3.8, 4) is 0 Å². The van der Waals surface area contributed by atoms with Gasteiger partial charge in [-0.15, -0.1) is 0 Å². The van der Waals surface area contributed by atoms with E-state index in [4.69, 9.17) is 20.8 Å². The molecule has 1 aliphatic heterocycles. The number of aliphatic hydroxyl groups is 1. The van der Waals surface area contributed by atoms with Crippen molar-refractivity contribution in [2.75, 3.05) is 6.61 Å². The number of aliphatic hydroxyl groups excluding tert-OH is 1. The van der Waals surface area contributed by atoms with Crippen LogP contribution >= 0.6 is 23.4 Å². The van der Waals surface area contributed by atoms with Crippen molar-refractivity contribution in [1.82, 2.24) is 0 Å². The highest BCUT2D eigenvalue weighted by molar-refractivity contribution is 8.18. The van der Waals surface area contributed by atoms with Gasteiger partial charge in [0.25, 0.3) is 0 Å². The van der Waals surface area contributed by atoms with Crippen LogP contribution in [0.1, 0.15) is 18.4 Å². The van der Waals surface area contributed by atoms with Crippen LogP contribution in [-0.2, 0) is 9.53 Å². The van der Waals surface area contributed by atoms with Gasteiger partial charge in [-0.1, -0.05) is 23.4 Å². The number of thioether (sulfide) groups is 1. The molecule has 1 N–H and O–H groups in total. The molecule has 0 fully saturated rings. The Morgan fingerprint density at radius 3 is 2.65 bits per heavy atom. The second kappa shape index (κ2) is 7.85. The van der Waals surface area contributed by atoms with Gasteiger partial charge < -0.3 is 14.3 Å². The van der Waals surface area contributed by atoms with E-state index in [-0.39, 0.29) is 17.9 Å². The third-order valence-corrected chi connectivity index (χ3v) is 4.73. The van der Waals surface area contributed by atoms with Crippen LogP contribution in [0, 0.1) is 6.92 Å². The van der Waals surface area contributed by atoms with Crippen molar-refractivity contribution < 1.29 is 19.1 Å². The predicted octanol–water partition coefficient (Wildman–Crippen LogP) is 5.43. The van der Waals surface area contributed by atoms with Crippen LogP contribution < -0.4 is 0 Å². The lowest BCUT2D eigenvalue weighted by Gasteiger charge is -2.03. The van der Waals surface area contributed by atoms with E-state index in [2.05, 4.69) is 4.99 Å². The van der Waals surface area contributed by atoms with Crippen molar-refractivity contribution in [3.63, 3.8) is 0 Å². The maximum absolute atomic E-state index is 12.3. The summed E-state index contributed by atoms with van der Waals surface area (Å²) in [6.07, 6.45) is 1.66. The van der Waals surface area contributed by atoms with E-state index in [1.165, 1.54) is 11.8 Å². The number of aryl methyl sites for hydroxylation is 1. The summed E-state index contributed by atoms with van der Waals surface area (Å²) in [6, 6.07) is 10.5. The molecule has 7 heteroatoms. The minimum Gasteiger partial charge on any atom is -0.506 e. The topological polar surface area (TPSA) is 72.0 Å². The number of hydrogen-bond donors (Lipinski definition) is 1. The largest absolute Gasteiger partial charge is 0.506 e. The molecule has 0 bridgehead atoms. The number of rotatable bonds is 4. The molecule has 1 aromatic carbocycles. The fourth-order valence-electron chi connectivity index (χ4n) is 2.28. The van der Waals surface area contributed by atoms with E-state index < -0.39 is 5.97 Å². The van der Waals surface area contributed by atoms with Gasteiger partial charge >= 0.3 is 5.97 Å². The summed E-state index contributed by atoms with van der Waals surface area (Å²) in [6.45, 7) is 3.73. The number of benzene rings is 1. The number of hydrogen-bond acceptors (Lipinski definition) is 6. The molecule has 0 saturated heterocycles. The van der Waals surface area contributed by atoms with Gasteiger partial charge in [-0.2, -0.15) is 0 Å². The van der Waals surface area contributed by atoms with Gasteiger partial charge in [-0.3, -0.25) is 0 Å². The Hall–Kier alpha value is -2.44. The summed E-state index contributed by atoms with van der Waals surface area (Å²) >= 11 is 7.07.